The van der Waals surface area contributed by atoms with Gasteiger partial charge in [0.1, 0.15) is 0 Å². The van der Waals surface area contributed by atoms with E-state index < -0.39 is 24.4 Å². The summed E-state index contributed by atoms with van der Waals surface area (Å²) in [6, 6.07) is 3.31. The molecule has 1 aliphatic heterocycles. The Bertz CT molecular complexity index is 676. The molecule has 1 atom stereocenters. The molecule has 1 aliphatic rings. The number of amides is 2. The average Bonchev–Trinajstić information content (AvgIpc) is 2.61. The van der Waals surface area contributed by atoms with Crippen molar-refractivity contribution >= 4 is 23.3 Å². The van der Waals surface area contributed by atoms with E-state index in [1.54, 1.807) is 13.8 Å². The van der Waals surface area contributed by atoms with Crippen molar-refractivity contribution in [1.82, 2.24) is 4.90 Å². The van der Waals surface area contributed by atoms with E-state index in [0.29, 0.717) is 0 Å². The minimum atomic E-state index is -4.77. The molecule has 0 fully saturated rings. The van der Waals surface area contributed by atoms with Crippen molar-refractivity contribution in [1.29, 1.82) is 0 Å². The van der Waals surface area contributed by atoms with Gasteiger partial charge in [0, 0.05) is 24.1 Å². The van der Waals surface area contributed by atoms with Gasteiger partial charge in [-0.1, -0.05) is 18.5 Å². The number of carbonyl (C=O) groups excluding carboxylic acids is 1. The summed E-state index contributed by atoms with van der Waals surface area (Å²) in [6.45, 7) is 2.61. The molecule has 0 aliphatic carbocycles. The summed E-state index contributed by atoms with van der Waals surface area (Å²) in [4.78, 5) is 13.0. The number of carbonyl (C=O) groups is 1. The van der Waals surface area contributed by atoms with Crippen LogP contribution in [-0.4, -0.2) is 30.7 Å². The summed E-state index contributed by atoms with van der Waals surface area (Å²) < 4.78 is 47.9. The lowest BCUT2D eigenvalue weighted by Crippen LogP contribution is -2.52. The van der Waals surface area contributed by atoms with Crippen LogP contribution in [0.2, 0.25) is 5.02 Å². The number of fused-ring (bicyclic) bond motifs is 1. The molecule has 1 aromatic carbocycles. The van der Waals surface area contributed by atoms with Crippen LogP contribution < -0.4 is 5.32 Å². The number of allylic oxidation sites excluding steroid dienone is 2. The van der Waals surface area contributed by atoms with Crippen LogP contribution in [0.5, 0.6) is 0 Å². The number of rotatable bonds is 3. The Morgan fingerprint density at radius 1 is 1.50 bits per heavy atom. The molecule has 0 aromatic heterocycles. The van der Waals surface area contributed by atoms with Gasteiger partial charge in [-0.3, -0.25) is 0 Å². The predicted octanol–water partition coefficient (Wildman–Crippen LogP) is 4.91. The van der Waals surface area contributed by atoms with Crippen molar-refractivity contribution < 1.29 is 22.7 Å². The smallest absolute Gasteiger partial charge is 0.434 e. The van der Waals surface area contributed by atoms with Crippen molar-refractivity contribution in [3.63, 3.8) is 0 Å². The lowest BCUT2D eigenvalue weighted by molar-refractivity contribution is -0.275. The van der Waals surface area contributed by atoms with Crippen LogP contribution in [0.15, 0.2) is 30.0 Å². The summed E-state index contributed by atoms with van der Waals surface area (Å²) >= 11 is 5.92. The fourth-order valence-electron chi connectivity index (χ4n) is 2.61. The molecule has 2 amide bonds. The quantitative estimate of drug-likeness (QED) is 0.776. The first-order chi connectivity index (χ1) is 11.1. The Balaban J connectivity index is 2.75. The molecule has 0 spiro atoms. The van der Waals surface area contributed by atoms with Gasteiger partial charge in [-0.15, -0.1) is 0 Å². The van der Waals surface area contributed by atoms with Crippen LogP contribution in [0.25, 0.3) is 0 Å². The summed E-state index contributed by atoms with van der Waals surface area (Å²) in [7, 11) is 1.29. The van der Waals surface area contributed by atoms with Crippen LogP contribution in [-0.2, 0) is 10.3 Å². The minimum Gasteiger partial charge on any atom is -0.476 e. The fourth-order valence-corrected chi connectivity index (χ4v) is 2.78. The van der Waals surface area contributed by atoms with E-state index in [-0.39, 0.29) is 28.5 Å². The average molecular weight is 363 g/mol. The Morgan fingerprint density at radius 2 is 2.17 bits per heavy atom. The number of alkyl halides is 3. The molecule has 0 radical (unpaired) electrons. The van der Waals surface area contributed by atoms with E-state index in [4.69, 9.17) is 16.3 Å². The van der Waals surface area contributed by atoms with Gasteiger partial charge < -0.3 is 15.0 Å². The maximum absolute atomic E-state index is 14.2. The van der Waals surface area contributed by atoms with Gasteiger partial charge >= 0.3 is 12.2 Å². The molecule has 0 saturated carbocycles. The number of benzene rings is 1. The van der Waals surface area contributed by atoms with Crippen LogP contribution in [0.1, 0.15) is 25.8 Å². The summed E-state index contributed by atoms with van der Waals surface area (Å²) in [5.74, 6) is 0.181. The molecule has 24 heavy (non-hydrogen) atoms. The lowest BCUT2D eigenvalue weighted by atomic mass is 9.90. The molecular formula is C16H18ClF3N2O2. The Labute approximate surface area is 143 Å². The first kappa shape index (κ1) is 18.4. The Hall–Kier alpha value is -1.89. The number of ether oxygens (including phenoxy) is 1. The second kappa shape index (κ2) is 6.55. The van der Waals surface area contributed by atoms with Crippen LogP contribution in [0, 0.1) is 0 Å². The monoisotopic (exact) mass is 362 g/mol. The van der Waals surface area contributed by atoms with Crippen molar-refractivity contribution in [2.75, 3.05) is 18.9 Å². The van der Waals surface area contributed by atoms with Crippen LogP contribution in [0.3, 0.4) is 0 Å². The highest BCUT2D eigenvalue weighted by Crippen LogP contribution is 2.48. The number of hydrogen-bond donors (Lipinski definition) is 1. The largest absolute Gasteiger partial charge is 0.476 e. The highest BCUT2D eigenvalue weighted by Gasteiger charge is 2.61. The Kier molecular flexibility index (Phi) is 5.03. The molecule has 2 rings (SSSR count). The van der Waals surface area contributed by atoms with Crippen LogP contribution >= 0.6 is 11.6 Å². The number of hydrogen-bond acceptors (Lipinski definition) is 2. The lowest BCUT2D eigenvalue weighted by Gasteiger charge is -2.38. The van der Waals surface area contributed by atoms with Gasteiger partial charge in [0.15, 0.2) is 0 Å². The van der Waals surface area contributed by atoms with E-state index in [2.05, 4.69) is 5.32 Å². The Morgan fingerprint density at radius 3 is 2.71 bits per heavy atom. The van der Waals surface area contributed by atoms with E-state index >= 15 is 0 Å². The zero-order valence-electron chi connectivity index (χ0n) is 13.5. The van der Waals surface area contributed by atoms with E-state index in [9.17, 15) is 18.0 Å². The maximum atomic E-state index is 14.2. The zero-order valence-corrected chi connectivity index (χ0v) is 14.3. The molecule has 132 valence electrons. The third-order valence-electron chi connectivity index (χ3n) is 3.90. The van der Waals surface area contributed by atoms with Crippen molar-refractivity contribution in [3.8, 4) is 0 Å². The van der Waals surface area contributed by atoms with Gasteiger partial charge in [-0.2, -0.15) is 13.2 Å². The first-order valence-electron chi connectivity index (χ1n) is 7.37. The predicted molar refractivity (Wildman–Crippen MR) is 86.0 cm³/mol. The van der Waals surface area contributed by atoms with E-state index in [0.717, 1.165) is 4.90 Å². The van der Waals surface area contributed by atoms with E-state index in [1.807, 2.05) is 0 Å². The number of likely N-dealkylation sites (N-methyl/N-ethyl adjacent to an activating group) is 1. The molecule has 4 nitrogen and oxygen atoms in total. The number of nitrogens with one attached hydrogen (secondary N) is 1. The first-order valence-corrected chi connectivity index (χ1v) is 7.75. The molecule has 8 heteroatoms. The van der Waals surface area contributed by atoms with Gasteiger partial charge in [0.2, 0.25) is 5.60 Å². The fraction of sp³-hybridized carbons (Fsp3) is 0.438. The van der Waals surface area contributed by atoms with Gasteiger partial charge in [0.25, 0.3) is 0 Å². The summed E-state index contributed by atoms with van der Waals surface area (Å²) in [5.41, 5.74) is -2.90. The number of anilines is 1. The van der Waals surface area contributed by atoms with Gasteiger partial charge in [-0.25, -0.2) is 4.79 Å². The molecular weight excluding hydrogens is 345 g/mol. The minimum absolute atomic E-state index is 0.0256. The summed E-state index contributed by atoms with van der Waals surface area (Å²) in [6.07, 6.45) is -3.00. The SMILES string of the molecule is CC=C(CC)O[C@]1(C(F)(F)F)CN(C)C(=O)Nc2ccc(Cl)cc21. The highest BCUT2D eigenvalue weighted by atomic mass is 35.5. The third-order valence-corrected chi connectivity index (χ3v) is 4.13. The van der Waals surface area contributed by atoms with Crippen LogP contribution in [0.4, 0.5) is 23.7 Å². The molecule has 0 unspecified atom stereocenters. The number of nitrogens with zero attached hydrogens (tertiary/aromatic N) is 1. The third kappa shape index (κ3) is 3.17. The second-order valence-corrected chi connectivity index (χ2v) is 5.95. The van der Waals surface area contributed by atoms with Gasteiger partial charge in [0.05, 0.1) is 18.0 Å². The van der Waals surface area contributed by atoms with Gasteiger partial charge in [-0.05, 0) is 31.2 Å². The van der Waals surface area contributed by atoms with E-state index in [1.165, 1.54) is 31.3 Å². The molecule has 1 aromatic rings. The number of halogens is 4. The molecule has 1 heterocycles. The maximum Gasteiger partial charge on any atom is 0.434 e. The standard InChI is InChI=1S/C16H18ClF3N2O2/c1-4-11(5-2)24-15(16(18,19)20)9-22(3)14(23)21-13-7-6-10(17)8-12(13)15/h4,6-8H,5,9H2,1-3H3,(H,21,23)/t15-/m1/s1. The molecule has 0 bridgehead atoms. The second-order valence-electron chi connectivity index (χ2n) is 5.51. The zero-order chi connectivity index (χ0) is 18.1. The normalized spacial score (nSPS) is 21.9. The van der Waals surface area contributed by atoms with Crippen molar-refractivity contribution in [2.45, 2.75) is 32.0 Å². The van der Waals surface area contributed by atoms with Crippen molar-refractivity contribution in [2.24, 2.45) is 0 Å². The summed E-state index contributed by atoms with van der Waals surface area (Å²) in [5, 5.41) is 2.59. The highest BCUT2D eigenvalue weighted by molar-refractivity contribution is 6.30. The number of urea groups is 1. The molecule has 1 N–H and O–H groups in total. The molecule has 0 saturated heterocycles. The van der Waals surface area contributed by atoms with Crippen molar-refractivity contribution in [3.05, 3.63) is 40.6 Å². The topological polar surface area (TPSA) is 41.6 Å².